The van der Waals surface area contributed by atoms with Crippen LogP contribution >= 0.6 is 0 Å². The number of methoxy groups -OCH3 is 4. The molecule has 8 rings (SSSR count). The van der Waals surface area contributed by atoms with Gasteiger partial charge in [-0.1, -0.05) is 0 Å². The molecule has 0 bridgehead atoms. The van der Waals surface area contributed by atoms with Crippen LogP contribution in [-0.4, -0.2) is 219 Å². The SMILES string of the molecule is COc1cc(C=CC(=O)OCC2OC(OC3C(Oc4c(-c5ccc(O)cc5)oc5cc(O)cc(O)c5c4=O)OC(CO)C(O)C3O)C(O)C(O)C2OC2OC(CO)C(O)C(O)C2OC(=O)C=Cc2cc(OC)c(O)c(OC)c2)cc(OC)c1O. The molecular formula is C55H60O29. The van der Waals surface area contributed by atoms with Gasteiger partial charge in [0, 0.05) is 29.8 Å². The molecule has 3 aliphatic rings. The molecule has 84 heavy (non-hydrogen) atoms. The zero-order valence-corrected chi connectivity index (χ0v) is 44.7. The van der Waals surface area contributed by atoms with E-state index in [2.05, 4.69) is 0 Å². The molecule has 15 unspecified atom stereocenters. The lowest BCUT2D eigenvalue weighted by Crippen LogP contribution is -2.67. The Labute approximate surface area is 474 Å². The molecule has 0 saturated carbocycles. The molecular weight excluding hydrogens is 1120 g/mol. The standard InChI is InChI=1S/C55H60O29/c1-72-29-13-22(14-30(73-2)39(29)63)5-11-36(61)76-21-35-49(82-54-51(44(68)41(65)33(19-56)78-54)81-37(62)12-6-23-15-31(74-3)40(64)32(16-23)75-4)46(70)47(71)53(80-35)84-52-45(69)42(66)34(20-57)79-55(52)83-50-43(67)38-27(60)17-26(59)18-28(38)77-48(50)24-7-9-25(58)10-8-24/h5-18,33-35,41-42,44-47,49,51-60,63-66,68-71H,19-21H2,1-4H3. The maximum atomic E-state index is 14.3. The predicted octanol–water partition coefficient (Wildman–Crippen LogP) is -0.622. The summed E-state index contributed by atoms with van der Waals surface area (Å²) in [5, 5.41) is 141. The Kier molecular flexibility index (Phi) is 19.7. The maximum Gasteiger partial charge on any atom is 0.331 e. The van der Waals surface area contributed by atoms with Gasteiger partial charge in [-0.15, -0.1) is 0 Å². The second-order valence-electron chi connectivity index (χ2n) is 19.0. The Morgan fingerprint density at radius 1 is 0.548 bits per heavy atom. The number of carbonyl (C=O) groups is 2. The molecule has 3 aliphatic heterocycles. The number of aromatic hydroxyl groups is 5. The molecule has 15 atom stereocenters. The van der Waals surface area contributed by atoms with Gasteiger partial charge >= 0.3 is 11.9 Å². The summed E-state index contributed by atoms with van der Waals surface area (Å²) in [6.07, 6.45) is -26.6. The van der Waals surface area contributed by atoms with Gasteiger partial charge in [-0.2, -0.15) is 0 Å². The van der Waals surface area contributed by atoms with Crippen molar-refractivity contribution in [1.82, 2.24) is 0 Å². The molecule has 0 radical (unpaired) electrons. The van der Waals surface area contributed by atoms with Crippen LogP contribution in [-0.2, 0) is 42.7 Å². The van der Waals surface area contributed by atoms with Crippen LogP contribution in [0.3, 0.4) is 0 Å². The van der Waals surface area contributed by atoms with Crippen LogP contribution in [0.5, 0.6) is 57.5 Å². The van der Waals surface area contributed by atoms with Crippen LogP contribution in [0.2, 0.25) is 0 Å². The number of hydrogen-bond acceptors (Lipinski definition) is 29. The fraction of sp³-hybridized carbons (Fsp3) is 0.400. The summed E-state index contributed by atoms with van der Waals surface area (Å²) >= 11 is 0. The van der Waals surface area contributed by atoms with E-state index < -0.39 is 158 Å². The van der Waals surface area contributed by atoms with Crippen LogP contribution in [0.15, 0.2) is 82.0 Å². The first-order valence-electron chi connectivity index (χ1n) is 25.3. The number of phenolic OH excluding ortho intramolecular Hbond substituents is 5. The van der Waals surface area contributed by atoms with Crippen molar-refractivity contribution in [1.29, 1.82) is 0 Å². The van der Waals surface area contributed by atoms with Gasteiger partial charge < -0.3 is 128 Å². The number of phenols is 5. The number of benzene rings is 4. The molecule has 1 aromatic heterocycles. The average Bonchev–Trinajstić information content (AvgIpc) is 2.15. The van der Waals surface area contributed by atoms with Gasteiger partial charge in [0.15, 0.2) is 53.5 Å². The van der Waals surface area contributed by atoms with Crippen LogP contribution < -0.4 is 29.1 Å². The normalized spacial score (nSPS) is 28.0. The summed E-state index contributed by atoms with van der Waals surface area (Å²) in [6, 6.07) is 12.2. The van der Waals surface area contributed by atoms with Gasteiger partial charge in [-0.25, -0.2) is 9.59 Å². The minimum atomic E-state index is -2.35. The number of aliphatic hydroxyl groups is 8. The van der Waals surface area contributed by atoms with Crippen LogP contribution in [0.4, 0.5) is 0 Å². The van der Waals surface area contributed by atoms with Crippen LogP contribution in [0.1, 0.15) is 11.1 Å². The average molecular weight is 1190 g/mol. The Hall–Kier alpha value is -8.01. The van der Waals surface area contributed by atoms with Crippen molar-refractivity contribution < 1.29 is 137 Å². The molecule has 13 N–H and O–H groups in total. The molecule has 4 heterocycles. The molecule has 454 valence electrons. The summed E-state index contributed by atoms with van der Waals surface area (Å²) in [5.41, 5.74) is -0.925. The van der Waals surface area contributed by atoms with Crippen molar-refractivity contribution in [3.63, 3.8) is 0 Å². The van der Waals surface area contributed by atoms with Gasteiger partial charge in [-0.05, 0) is 71.8 Å². The lowest BCUT2D eigenvalue weighted by molar-refractivity contribution is -0.379. The lowest BCUT2D eigenvalue weighted by Gasteiger charge is -2.48. The molecule has 3 fully saturated rings. The van der Waals surface area contributed by atoms with E-state index in [0.717, 1.165) is 24.3 Å². The number of esters is 2. The fourth-order valence-electron chi connectivity index (χ4n) is 9.25. The minimum absolute atomic E-state index is 0.0271. The predicted molar refractivity (Wildman–Crippen MR) is 281 cm³/mol. The zero-order valence-electron chi connectivity index (χ0n) is 44.7. The first-order valence-corrected chi connectivity index (χ1v) is 25.3. The van der Waals surface area contributed by atoms with E-state index in [1.165, 1.54) is 89.1 Å². The van der Waals surface area contributed by atoms with Crippen molar-refractivity contribution >= 4 is 35.1 Å². The molecule has 0 spiro atoms. The molecule has 29 nitrogen and oxygen atoms in total. The third-order valence-electron chi connectivity index (χ3n) is 13.6. The Morgan fingerprint density at radius 2 is 1.04 bits per heavy atom. The van der Waals surface area contributed by atoms with Gasteiger partial charge in [0.2, 0.25) is 29.0 Å². The van der Waals surface area contributed by atoms with Crippen molar-refractivity contribution in [2.75, 3.05) is 48.3 Å². The third-order valence-corrected chi connectivity index (χ3v) is 13.6. The first-order chi connectivity index (χ1) is 40.1. The highest BCUT2D eigenvalue weighted by Crippen LogP contribution is 2.41. The van der Waals surface area contributed by atoms with Crippen molar-refractivity contribution in [2.24, 2.45) is 0 Å². The summed E-state index contributed by atoms with van der Waals surface area (Å²) in [4.78, 5) is 41.3. The second-order valence-corrected chi connectivity index (χ2v) is 19.0. The number of aliphatic hydroxyl groups excluding tert-OH is 8. The van der Waals surface area contributed by atoms with Gasteiger partial charge in [0.1, 0.15) is 95.9 Å². The van der Waals surface area contributed by atoms with E-state index in [1.807, 2.05) is 0 Å². The molecule has 5 aromatic rings. The van der Waals surface area contributed by atoms with Crippen molar-refractivity contribution in [3.05, 3.63) is 94.2 Å². The Balaban J connectivity index is 1.13. The van der Waals surface area contributed by atoms with Crippen molar-refractivity contribution in [3.8, 4) is 68.8 Å². The molecule has 3 saturated heterocycles. The van der Waals surface area contributed by atoms with E-state index in [0.29, 0.717) is 0 Å². The Bertz CT molecular complexity index is 3200. The summed E-state index contributed by atoms with van der Waals surface area (Å²) in [5.74, 6) is -5.84. The third kappa shape index (κ3) is 13.2. The topological polar surface area (TPSA) is 438 Å². The van der Waals surface area contributed by atoms with Crippen LogP contribution in [0, 0.1) is 0 Å². The zero-order chi connectivity index (χ0) is 60.8. The number of rotatable bonds is 20. The quantitative estimate of drug-likeness (QED) is 0.0341. The minimum Gasteiger partial charge on any atom is -0.508 e. The summed E-state index contributed by atoms with van der Waals surface area (Å²) < 4.78 is 73.6. The molecule has 0 aliphatic carbocycles. The lowest BCUT2D eigenvalue weighted by atomic mass is 9.96. The van der Waals surface area contributed by atoms with Crippen LogP contribution in [0.25, 0.3) is 34.4 Å². The fourth-order valence-corrected chi connectivity index (χ4v) is 9.25. The first kappa shape index (κ1) is 62.0. The van der Waals surface area contributed by atoms with Gasteiger partial charge in [-0.3, -0.25) is 4.79 Å². The summed E-state index contributed by atoms with van der Waals surface area (Å²) in [7, 11) is 5.08. The maximum absolute atomic E-state index is 14.3. The molecule has 0 amide bonds. The van der Waals surface area contributed by atoms with E-state index in [9.17, 15) is 80.8 Å². The van der Waals surface area contributed by atoms with E-state index in [4.69, 9.17) is 61.3 Å². The van der Waals surface area contributed by atoms with E-state index >= 15 is 0 Å². The second kappa shape index (κ2) is 26.7. The number of hydrogen-bond donors (Lipinski definition) is 13. The number of fused-ring (bicyclic) bond motifs is 1. The highest BCUT2D eigenvalue weighted by molar-refractivity contribution is 5.89. The largest absolute Gasteiger partial charge is 0.508 e. The smallest absolute Gasteiger partial charge is 0.331 e. The van der Waals surface area contributed by atoms with E-state index in [1.54, 1.807) is 0 Å². The molecule has 29 heteroatoms. The monoisotopic (exact) mass is 1180 g/mol. The highest BCUT2D eigenvalue weighted by Gasteiger charge is 2.55. The van der Waals surface area contributed by atoms with Crippen molar-refractivity contribution in [2.45, 2.75) is 92.1 Å². The number of carbonyl (C=O) groups excluding carboxylic acids is 2. The Morgan fingerprint density at radius 3 is 1.57 bits per heavy atom. The van der Waals surface area contributed by atoms with Gasteiger partial charge in [0.05, 0.1) is 41.7 Å². The number of ether oxygens (including phenoxy) is 12. The van der Waals surface area contributed by atoms with Gasteiger partial charge in [0.25, 0.3) is 0 Å². The summed E-state index contributed by atoms with van der Waals surface area (Å²) in [6.45, 7) is -2.92. The highest BCUT2D eigenvalue weighted by atomic mass is 16.8. The van der Waals surface area contributed by atoms with E-state index in [-0.39, 0.29) is 62.5 Å². The molecule has 4 aromatic carbocycles.